The lowest BCUT2D eigenvalue weighted by Gasteiger charge is -2.23. The fourth-order valence-corrected chi connectivity index (χ4v) is 3.87. The zero-order chi connectivity index (χ0) is 16.0. The molecule has 0 heterocycles. The molecule has 1 atom stereocenters. The number of aliphatic hydroxyl groups is 1. The molecular weight excluding hydrogens is 312 g/mol. The molecule has 1 aromatic rings. The molecule has 1 rings (SSSR count). The van der Waals surface area contributed by atoms with Crippen molar-refractivity contribution >= 4 is 21.6 Å². The van der Waals surface area contributed by atoms with Gasteiger partial charge < -0.3 is 10.0 Å². The van der Waals surface area contributed by atoms with Gasteiger partial charge in [-0.2, -0.15) is 0 Å². The molecule has 0 saturated carbocycles. The van der Waals surface area contributed by atoms with Gasteiger partial charge in [0.2, 0.25) is 10.0 Å². The Labute approximate surface area is 132 Å². The van der Waals surface area contributed by atoms with Crippen LogP contribution in [0.1, 0.15) is 26.3 Å². The Balaban J connectivity index is 2.91. The maximum absolute atomic E-state index is 12.4. The largest absolute Gasteiger partial charge is 0.392 e. The van der Waals surface area contributed by atoms with Crippen molar-refractivity contribution in [2.24, 2.45) is 0 Å². The topological polar surface area (TPSA) is 69.6 Å². The summed E-state index contributed by atoms with van der Waals surface area (Å²) >= 11 is 5.97. The highest BCUT2D eigenvalue weighted by Crippen LogP contribution is 2.23. The number of hydrogen-bond donors (Lipinski definition) is 2. The van der Waals surface area contributed by atoms with E-state index < -0.39 is 10.0 Å². The van der Waals surface area contributed by atoms with Gasteiger partial charge in [-0.3, -0.25) is 0 Å². The molecule has 0 bridgehead atoms. The van der Waals surface area contributed by atoms with Crippen LogP contribution in [0, 0.1) is 0 Å². The van der Waals surface area contributed by atoms with Crippen molar-refractivity contribution in [3.8, 4) is 0 Å². The molecule has 2 N–H and O–H groups in total. The third-order valence-electron chi connectivity index (χ3n) is 3.25. The number of nitrogens with one attached hydrogen (secondary N) is 1. The van der Waals surface area contributed by atoms with E-state index in [4.69, 9.17) is 16.7 Å². The molecule has 0 fully saturated rings. The third-order valence-corrected chi connectivity index (χ3v) is 5.32. The van der Waals surface area contributed by atoms with E-state index in [2.05, 4.69) is 9.62 Å². The lowest BCUT2D eigenvalue weighted by atomic mass is 10.2. The number of likely N-dealkylation sites (N-methyl/N-ethyl adjacent to an activating group) is 1. The third kappa shape index (κ3) is 5.23. The molecule has 7 heteroatoms. The van der Waals surface area contributed by atoms with Crippen LogP contribution in [0.15, 0.2) is 23.1 Å². The summed E-state index contributed by atoms with van der Waals surface area (Å²) in [4.78, 5) is 2.14. The van der Waals surface area contributed by atoms with Crippen molar-refractivity contribution in [2.75, 3.05) is 19.6 Å². The van der Waals surface area contributed by atoms with E-state index in [1.807, 2.05) is 20.8 Å². The molecule has 0 radical (unpaired) electrons. The molecule has 5 nitrogen and oxygen atoms in total. The molecule has 0 aliphatic rings. The fourth-order valence-electron chi connectivity index (χ4n) is 2.09. The van der Waals surface area contributed by atoms with Crippen LogP contribution in [0.2, 0.25) is 5.02 Å². The highest BCUT2D eigenvalue weighted by Gasteiger charge is 2.21. The number of sulfonamides is 1. The standard InChI is InChI=1S/C14H23ClN2O3S/c1-4-17(5-2)9-11(3)16-21(19,20)14-8-12(10-18)6-7-13(14)15/h6-8,11,16,18H,4-5,9-10H2,1-3H3. The van der Waals surface area contributed by atoms with E-state index in [1.54, 1.807) is 6.07 Å². The Morgan fingerprint density at radius 2 is 1.95 bits per heavy atom. The van der Waals surface area contributed by atoms with Crippen LogP contribution in [-0.4, -0.2) is 44.1 Å². The Hall–Kier alpha value is -0.660. The van der Waals surface area contributed by atoms with Crippen LogP contribution in [0.4, 0.5) is 0 Å². The van der Waals surface area contributed by atoms with Gasteiger partial charge in [-0.1, -0.05) is 31.5 Å². The lowest BCUT2D eigenvalue weighted by Crippen LogP contribution is -2.41. The number of hydrogen-bond acceptors (Lipinski definition) is 4. The molecule has 0 saturated heterocycles. The predicted octanol–water partition coefficient (Wildman–Crippen LogP) is 1.84. The van der Waals surface area contributed by atoms with E-state index in [0.29, 0.717) is 12.1 Å². The SMILES string of the molecule is CCN(CC)CC(C)NS(=O)(=O)c1cc(CO)ccc1Cl. The van der Waals surface area contributed by atoms with Crippen molar-refractivity contribution in [1.82, 2.24) is 9.62 Å². The van der Waals surface area contributed by atoms with Gasteiger partial charge in [0.1, 0.15) is 4.90 Å². The Morgan fingerprint density at radius 3 is 2.48 bits per heavy atom. The molecule has 0 aliphatic carbocycles. The van der Waals surface area contributed by atoms with Crippen LogP contribution in [0.5, 0.6) is 0 Å². The van der Waals surface area contributed by atoms with E-state index in [9.17, 15) is 8.42 Å². The average Bonchev–Trinajstić information content (AvgIpc) is 2.44. The zero-order valence-corrected chi connectivity index (χ0v) is 14.2. The van der Waals surface area contributed by atoms with Gasteiger partial charge >= 0.3 is 0 Å². The first-order valence-corrected chi connectivity index (χ1v) is 8.84. The van der Waals surface area contributed by atoms with E-state index in [1.165, 1.54) is 12.1 Å². The monoisotopic (exact) mass is 334 g/mol. The quantitative estimate of drug-likeness (QED) is 0.761. The van der Waals surface area contributed by atoms with Crippen molar-refractivity contribution < 1.29 is 13.5 Å². The number of rotatable bonds is 8. The molecule has 1 aromatic carbocycles. The van der Waals surface area contributed by atoms with Crippen molar-refractivity contribution in [3.63, 3.8) is 0 Å². The first kappa shape index (κ1) is 18.4. The number of halogens is 1. The van der Waals surface area contributed by atoms with Crippen molar-refractivity contribution in [3.05, 3.63) is 28.8 Å². The molecule has 0 spiro atoms. The predicted molar refractivity (Wildman–Crippen MR) is 84.9 cm³/mol. The smallest absolute Gasteiger partial charge is 0.242 e. The maximum atomic E-state index is 12.4. The molecular formula is C14H23ClN2O3S. The number of benzene rings is 1. The molecule has 21 heavy (non-hydrogen) atoms. The minimum atomic E-state index is -3.70. The average molecular weight is 335 g/mol. The summed E-state index contributed by atoms with van der Waals surface area (Å²) in [6.45, 7) is 8.02. The van der Waals surface area contributed by atoms with Crippen molar-refractivity contribution in [1.29, 1.82) is 0 Å². The van der Waals surface area contributed by atoms with Gasteiger partial charge in [-0.15, -0.1) is 0 Å². The minimum Gasteiger partial charge on any atom is -0.392 e. The van der Waals surface area contributed by atoms with Crippen molar-refractivity contribution in [2.45, 2.75) is 38.3 Å². The highest BCUT2D eigenvalue weighted by atomic mass is 35.5. The van der Waals surface area contributed by atoms with E-state index in [-0.39, 0.29) is 22.6 Å². The number of aliphatic hydroxyl groups excluding tert-OH is 1. The van der Waals surface area contributed by atoms with Crippen LogP contribution in [-0.2, 0) is 16.6 Å². The zero-order valence-electron chi connectivity index (χ0n) is 12.6. The molecule has 0 amide bonds. The van der Waals surface area contributed by atoms with Gasteiger partial charge in [0.25, 0.3) is 0 Å². The highest BCUT2D eigenvalue weighted by molar-refractivity contribution is 7.89. The van der Waals surface area contributed by atoms with Crippen LogP contribution in [0.25, 0.3) is 0 Å². The summed E-state index contributed by atoms with van der Waals surface area (Å²) in [7, 11) is -3.70. The van der Waals surface area contributed by atoms with Crippen LogP contribution >= 0.6 is 11.6 Å². The molecule has 0 aromatic heterocycles. The lowest BCUT2D eigenvalue weighted by molar-refractivity contribution is 0.281. The summed E-state index contributed by atoms with van der Waals surface area (Å²) in [5, 5.41) is 9.27. The summed E-state index contributed by atoms with van der Waals surface area (Å²) in [6.07, 6.45) is 0. The van der Waals surface area contributed by atoms with Crippen LogP contribution in [0.3, 0.4) is 0 Å². The minimum absolute atomic E-state index is 0.00196. The second kappa shape index (κ2) is 8.10. The normalized spacial score (nSPS) is 13.6. The molecule has 120 valence electrons. The fraction of sp³-hybridized carbons (Fsp3) is 0.571. The van der Waals surface area contributed by atoms with Gasteiger partial charge in [-0.05, 0) is 37.7 Å². The van der Waals surface area contributed by atoms with Gasteiger partial charge in [0.05, 0.1) is 11.6 Å². The van der Waals surface area contributed by atoms with Gasteiger partial charge in [0, 0.05) is 12.6 Å². The Morgan fingerprint density at radius 1 is 1.33 bits per heavy atom. The van der Waals surface area contributed by atoms with Gasteiger partial charge in [0.15, 0.2) is 0 Å². The van der Waals surface area contributed by atoms with E-state index >= 15 is 0 Å². The Kier molecular flexibility index (Phi) is 7.09. The molecule has 1 unspecified atom stereocenters. The first-order valence-electron chi connectivity index (χ1n) is 6.98. The summed E-state index contributed by atoms with van der Waals surface area (Å²) in [5.41, 5.74) is 0.510. The van der Waals surface area contributed by atoms with Gasteiger partial charge in [-0.25, -0.2) is 13.1 Å². The molecule has 0 aliphatic heterocycles. The summed E-state index contributed by atoms with van der Waals surface area (Å²) in [5.74, 6) is 0. The summed E-state index contributed by atoms with van der Waals surface area (Å²) in [6, 6.07) is 4.25. The second-order valence-electron chi connectivity index (χ2n) is 4.93. The van der Waals surface area contributed by atoms with Crippen LogP contribution < -0.4 is 4.72 Å². The Bertz CT molecular complexity index is 559. The maximum Gasteiger partial charge on any atom is 0.242 e. The number of nitrogens with zero attached hydrogens (tertiary/aromatic N) is 1. The van der Waals surface area contributed by atoms with E-state index in [0.717, 1.165) is 13.1 Å². The first-order chi connectivity index (χ1) is 9.83. The summed E-state index contributed by atoms with van der Waals surface area (Å²) < 4.78 is 27.4. The second-order valence-corrected chi connectivity index (χ2v) is 7.02.